The van der Waals surface area contributed by atoms with Crippen molar-refractivity contribution in [1.29, 1.82) is 0 Å². The molecule has 0 nitrogen and oxygen atoms in total. The predicted octanol–water partition coefficient (Wildman–Crippen LogP) is 3.14. The van der Waals surface area contributed by atoms with Crippen molar-refractivity contribution in [2.24, 2.45) is 0 Å². The van der Waals surface area contributed by atoms with E-state index in [1.54, 1.807) is 0 Å². The third-order valence-corrected chi connectivity index (χ3v) is 1.04. The quantitative estimate of drug-likeness (QED) is 0.488. The molecule has 0 saturated carbocycles. The van der Waals surface area contributed by atoms with Crippen molar-refractivity contribution in [3.8, 4) is 0 Å². The Kier molecular flexibility index (Phi) is 202. The third-order valence-electron chi connectivity index (χ3n) is 0.748. The molecular weight excluding hydrogens is 187 g/mol. The Bertz CT molecular complexity index is 26.8. The summed E-state index contributed by atoms with van der Waals surface area (Å²) in [5.41, 5.74) is 0. The van der Waals surface area contributed by atoms with E-state index in [0.717, 1.165) is 5.75 Å². The van der Waals surface area contributed by atoms with Gasteiger partial charge >= 0.3 is 0 Å². The monoisotopic (exact) mass is 203 g/mol. The Balaban J connectivity index is -0.0000000125. The zero-order chi connectivity index (χ0) is 4.83. The Hall–Kier alpha value is -0.0000000000000000555. The zero-order valence-electron chi connectivity index (χ0n) is 6.28. The van der Waals surface area contributed by atoms with Crippen LogP contribution in [0.3, 0.4) is 0 Å². The molecule has 0 bridgehead atoms. The van der Waals surface area contributed by atoms with E-state index in [2.05, 4.69) is 6.92 Å². The third kappa shape index (κ3) is 71.1. The summed E-state index contributed by atoms with van der Waals surface area (Å²) in [6, 6.07) is 0. The fraction of sp³-hybridized carbons (Fsp3) is 1.00. The Morgan fingerprint density at radius 1 is 0.818 bits per heavy atom. The lowest BCUT2D eigenvalue weighted by atomic mass is 10.3. The first-order valence-corrected chi connectivity index (χ1v) is 3.07. The van der Waals surface area contributed by atoms with Crippen LogP contribution in [0.1, 0.15) is 26.2 Å². The summed E-state index contributed by atoms with van der Waals surface area (Å²) in [5.74, 6) is 0.938. The van der Waals surface area contributed by atoms with Crippen LogP contribution in [-0.4, -0.2) is 5.75 Å². The zero-order valence-corrected chi connectivity index (χ0v) is 7.09. The lowest BCUT2D eigenvalue weighted by Gasteiger charge is -1.85. The molecule has 0 N–H and O–H groups in total. The smallest absolute Gasteiger partial charge is 0.00369 e. The molecular formula is C5H16F5S. The van der Waals surface area contributed by atoms with Gasteiger partial charge in [0, 0.05) is 5.75 Å². The summed E-state index contributed by atoms with van der Waals surface area (Å²) in [4.78, 5) is 0. The van der Waals surface area contributed by atoms with Gasteiger partial charge in [-0.25, -0.2) is 0 Å². The topological polar surface area (TPSA) is 0 Å². The highest BCUT2D eigenvalue weighted by Gasteiger charge is 1.76. The highest BCUT2D eigenvalue weighted by Crippen LogP contribution is 1.93. The molecule has 0 fully saturated rings. The molecule has 0 heterocycles. The van der Waals surface area contributed by atoms with Crippen molar-refractivity contribution in [2.45, 2.75) is 26.2 Å². The molecule has 0 aromatic carbocycles. The van der Waals surface area contributed by atoms with Gasteiger partial charge in [0.1, 0.15) is 0 Å². The fourth-order valence-corrected chi connectivity index (χ4v) is 0.556. The summed E-state index contributed by atoms with van der Waals surface area (Å²) in [7, 11) is 0. The molecule has 0 aromatic heterocycles. The number of unbranched alkanes of at least 4 members (excludes halogenated alkanes) is 2. The van der Waals surface area contributed by atoms with Crippen molar-refractivity contribution in [2.75, 3.05) is 5.75 Å². The van der Waals surface area contributed by atoms with Crippen molar-refractivity contribution in [3.05, 3.63) is 0 Å². The predicted molar refractivity (Wildman–Crippen MR) is 44.5 cm³/mol. The molecule has 0 aliphatic carbocycles. The van der Waals surface area contributed by atoms with Crippen LogP contribution in [0, 0.1) is 0 Å². The molecule has 0 amide bonds. The van der Waals surface area contributed by atoms with Crippen LogP contribution < -0.4 is 0 Å². The van der Waals surface area contributed by atoms with E-state index in [1.807, 2.05) is 0 Å². The first-order chi connectivity index (χ1) is 2.91. The lowest BCUT2D eigenvalue weighted by molar-refractivity contribution is 0.780. The van der Waals surface area contributed by atoms with E-state index in [9.17, 15) is 0 Å². The van der Waals surface area contributed by atoms with Gasteiger partial charge in [-0.2, -0.15) is 0 Å². The molecule has 77 valence electrons. The molecule has 0 rings (SSSR count). The van der Waals surface area contributed by atoms with Gasteiger partial charge in [-0.3, -0.25) is 23.5 Å². The van der Waals surface area contributed by atoms with Gasteiger partial charge in [0.05, 0.1) is 0 Å². The van der Waals surface area contributed by atoms with Crippen LogP contribution in [0.5, 0.6) is 0 Å². The maximum atomic E-state index is 4.72. The van der Waals surface area contributed by atoms with E-state index in [0.29, 0.717) is 0 Å². The first-order valence-electron chi connectivity index (χ1n) is 2.50. The van der Waals surface area contributed by atoms with E-state index in [1.165, 1.54) is 19.3 Å². The Morgan fingerprint density at radius 3 is 1.27 bits per heavy atom. The van der Waals surface area contributed by atoms with E-state index in [4.69, 9.17) is 12.6 Å². The Morgan fingerprint density at radius 2 is 1.18 bits per heavy atom. The van der Waals surface area contributed by atoms with Crippen molar-refractivity contribution < 1.29 is 23.5 Å². The second-order valence-electron chi connectivity index (χ2n) is 1.41. The average molecular weight is 203 g/mol. The Labute approximate surface area is 69.0 Å². The van der Waals surface area contributed by atoms with Gasteiger partial charge in [-0.1, -0.05) is 32.4 Å². The molecule has 0 saturated heterocycles. The first kappa shape index (κ1) is 44.0. The minimum atomic E-state index is 0. The van der Waals surface area contributed by atoms with E-state index in [-0.39, 0.29) is 23.5 Å². The van der Waals surface area contributed by atoms with Crippen LogP contribution >= 0.6 is 12.6 Å². The normalized spacial score (nSPS) is 4.91. The van der Waals surface area contributed by atoms with E-state index < -0.39 is 0 Å². The van der Waals surface area contributed by atoms with Crippen LogP contribution in [0.15, 0.2) is 0 Å². The molecule has 0 aliphatic rings. The summed E-state index contributed by atoms with van der Waals surface area (Å²) in [5, 5.41) is 0. The summed E-state index contributed by atoms with van der Waals surface area (Å²) in [6.07, 6.45) is 3.83. The molecule has 0 aromatic rings. The van der Waals surface area contributed by atoms with Gasteiger partial charge in [0.2, 0.25) is 0 Å². The second kappa shape index (κ2) is 50.6. The highest BCUT2D eigenvalue weighted by molar-refractivity contribution is 7.80. The molecule has 1 radical (unpaired) electrons. The minimum Gasteiger partial charge on any atom is -0.269 e. The van der Waals surface area contributed by atoms with Crippen molar-refractivity contribution in [3.63, 3.8) is 0 Å². The number of hydrogen-bond acceptors (Lipinski definition) is 0. The lowest BCUT2D eigenvalue weighted by Crippen LogP contribution is -1.70. The average Bonchev–Trinajstić information content (AvgIpc) is 1.61. The molecule has 6 heteroatoms. The SMILES string of the molecule is CCCCC[S].F.F.F.F.F. The van der Waals surface area contributed by atoms with Gasteiger partial charge < -0.3 is 0 Å². The van der Waals surface area contributed by atoms with Crippen molar-refractivity contribution >= 4 is 12.6 Å². The van der Waals surface area contributed by atoms with Crippen LogP contribution in [0.4, 0.5) is 23.5 Å². The van der Waals surface area contributed by atoms with Gasteiger partial charge in [0.15, 0.2) is 0 Å². The minimum absolute atomic E-state index is 0. The van der Waals surface area contributed by atoms with Crippen LogP contribution in [-0.2, 0) is 0 Å². The van der Waals surface area contributed by atoms with E-state index >= 15 is 0 Å². The molecule has 11 heavy (non-hydrogen) atoms. The fourth-order valence-electron chi connectivity index (χ4n) is 0.352. The standard InChI is InChI=1S/C5H11S.5FH/c1-2-3-4-5-6;;;;;/h2-5H2,1H3;5*1H. The van der Waals surface area contributed by atoms with Crippen molar-refractivity contribution in [1.82, 2.24) is 0 Å². The van der Waals surface area contributed by atoms with Crippen LogP contribution in [0.2, 0.25) is 0 Å². The molecule has 0 spiro atoms. The highest BCUT2D eigenvalue weighted by atomic mass is 32.1. The molecule has 0 unspecified atom stereocenters. The number of rotatable bonds is 3. The van der Waals surface area contributed by atoms with Gasteiger partial charge in [0.25, 0.3) is 0 Å². The maximum absolute atomic E-state index is 4.72. The molecule has 0 atom stereocenters. The number of hydrogen-bond donors (Lipinski definition) is 0. The molecule has 0 aliphatic heterocycles. The summed E-state index contributed by atoms with van der Waals surface area (Å²) < 4.78 is 0. The summed E-state index contributed by atoms with van der Waals surface area (Å²) in [6.45, 7) is 2.19. The maximum Gasteiger partial charge on any atom is 0.00369 e. The van der Waals surface area contributed by atoms with Gasteiger partial charge in [-0.05, 0) is 6.42 Å². The second-order valence-corrected chi connectivity index (χ2v) is 1.82. The largest absolute Gasteiger partial charge is 0.269 e. The van der Waals surface area contributed by atoms with Gasteiger partial charge in [-0.15, -0.1) is 0 Å². The number of halogens is 5. The summed E-state index contributed by atoms with van der Waals surface area (Å²) >= 11 is 4.72. The van der Waals surface area contributed by atoms with Crippen LogP contribution in [0.25, 0.3) is 0 Å².